The van der Waals surface area contributed by atoms with Crippen molar-refractivity contribution < 1.29 is 0 Å². The number of hydrogen-bond donors (Lipinski definition) is 0. The fourth-order valence-electron chi connectivity index (χ4n) is 6.30. The maximum absolute atomic E-state index is 2.77. The SMILES string of the molecule is CCCCCCCCCCCCCCCCCCCCCCN1CCC2(CCN(C)C2)C1. The molecule has 2 nitrogen and oxygen atoms in total. The van der Waals surface area contributed by atoms with Crippen molar-refractivity contribution in [3.63, 3.8) is 0 Å². The zero-order valence-corrected chi connectivity index (χ0v) is 22.5. The summed E-state index contributed by atoms with van der Waals surface area (Å²) in [6, 6.07) is 0. The summed E-state index contributed by atoms with van der Waals surface area (Å²) in [4.78, 5) is 5.31. The molecular weight excluding hydrogens is 388 g/mol. The van der Waals surface area contributed by atoms with Crippen LogP contribution in [0.5, 0.6) is 0 Å². The number of nitrogens with zero attached hydrogens (tertiary/aromatic N) is 2. The van der Waals surface area contributed by atoms with Crippen molar-refractivity contribution in [3.8, 4) is 0 Å². The van der Waals surface area contributed by atoms with Gasteiger partial charge in [0.05, 0.1) is 0 Å². The van der Waals surface area contributed by atoms with E-state index in [1.165, 1.54) is 174 Å². The zero-order chi connectivity index (χ0) is 22.7. The summed E-state index contributed by atoms with van der Waals surface area (Å²) in [7, 11) is 2.30. The molecule has 0 bridgehead atoms. The van der Waals surface area contributed by atoms with E-state index in [9.17, 15) is 0 Å². The van der Waals surface area contributed by atoms with E-state index in [0.717, 1.165) is 0 Å². The van der Waals surface area contributed by atoms with Gasteiger partial charge in [0, 0.05) is 13.1 Å². The minimum Gasteiger partial charge on any atom is -0.306 e. The summed E-state index contributed by atoms with van der Waals surface area (Å²) in [5.41, 5.74) is 0.669. The Bertz CT molecular complexity index is 423. The highest BCUT2D eigenvalue weighted by atomic mass is 15.2. The molecule has 2 heterocycles. The average Bonchev–Trinajstić information content (AvgIpc) is 3.36. The van der Waals surface area contributed by atoms with Gasteiger partial charge < -0.3 is 9.80 Å². The number of rotatable bonds is 21. The first-order valence-electron chi connectivity index (χ1n) is 15.1. The molecule has 2 fully saturated rings. The third-order valence-electron chi connectivity index (χ3n) is 8.47. The molecule has 2 aliphatic heterocycles. The Morgan fingerprint density at radius 2 is 0.906 bits per heavy atom. The van der Waals surface area contributed by atoms with Gasteiger partial charge in [0.2, 0.25) is 0 Å². The lowest BCUT2D eigenvalue weighted by molar-refractivity contribution is 0.252. The first kappa shape index (κ1) is 28.2. The third-order valence-corrected chi connectivity index (χ3v) is 8.47. The lowest BCUT2D eigenvalue weighted by Crippen LogP contribution is -2.30. The molecule has 2 aliphatic rings. The van der Waals surface area contributed by atoms with Gasteiger partial charge in [0.25, 0.3) is 0 Å². The van der Waals surface area contributed by atoms with Crippen molar-refractivity contribution in [3.05, 3.63) is 0 Å². The Balaban J connectivity index is 1.23. The standard InChI is InChI=1S/C30H60N2/c1-3-4-5-6-7-8-9-10-11-12-13-14-15-16-17-18-19-20-21-22-25-32-27-24-30(29-32)23-26-31(2)28-30/h3-29H2,1-2H3. The molecule has 0 aliphatic carbocycles. The molecule has 190 valence electrons. The molecule has 2 rings (SSSR count). The highest BCUT2D eigenvalue weighted by molar-refractivity contribution is 4.96. The summed E-state index contributed by atoms with van der Waals surface area (Å²) in [5.74, 6) is 0. The minimum absolute atomic E-state index is 0.669. The molecule has 2 heteroatoms. The fourth-order valence-corrected chi connectivity index (χ4v) is 6.30. The summed E-state index contributed by atoms with van der Waals surface area (Å²) >= 11 is 0. The molecular formula is C30H60N2. The van der Waals surface area contributed by atoms with E-state index in [0.29, 0.717) is 5.41 Å². The smallest absolute Gasteiger partial charge is 0.00512 e. The van der Waals surface area contributed by atoms with Gasteiger partial charge in [-0.25, -0.2) is 0 Å². The minimum atomic E-state index is 0.669. The van der Waals surface area contributed by atoms with Crippen LogP contribution >= 0.6 is 0 Å². The second kappa shape index (κ2) is 18.3. The van der Waals surface area contributed by atoms with E-state index >= 15 is 0 Å². The van der Waals surface area contributed by atoms with Crippen molar-refractivity contribution in [2.45, 2.75) is 148 Å². The molecule has 0 amide bonds. The van der Waals surface area contributed by atoms with Crippen molar-refractivity contribution in [2.24, 2.45) is 5.41 Å². The number of unbranched alkanes of at least 4 members (excludes halogenated alkanes) is 19. The molecule has 0 N–H and O–H groups in total. The van der Waals surface area contributed by atoms with E-state index in [-0.39, 0.29) is 0 Å². The van der Waals surface area contributed by atoms with Crippen LogP contribution in [0.2, 0.25) is 0 Å². The molecule has 1 unspecified atom stereocenters. The van der Waals surface area contributed by atoms with Gasteiger partial charge in [0.15, 0.2) is 0 Å². The Morgan fingerprint density at radius 1 is 0.500 bits per heavy atom. The van der Waals surface area contributed by atoms with Gasteiger partial charge in [-0.3, -0.25) is 0 Å². The summed E-state index contributed by atoms with van der Waals surface area (Å²) in [6.07, 6.45) is 32.4. The highest BCUT2D eigenvalue weighted by Gasteiger charge is 2.41. The lowest BCUT2D eigenvalue weighted by Gasteiger charge is -2.23. The molecule has 0 saturated carbocycles. The molecule has 0 aromatic heterocycles. The summed E-state index contributed by atoms with van der Waals surface area (Å²) < 4.78 is 0. The largest absolute Gasteiger partial charge is 0.306 e. The van der Waals surface area contributed by atoms with E-state index in [1.807, 2.05) is 0 Å². The summed E-state index contributed by atoms with van der Waals surface area (Å²) in [5, 5.41) is 0. The first-order chi connectivity index (χ1) is 15.7. The average molecular weight is 449 g/mol. The predicted molar refractivity (Wildman–Crippen MR) is 144 cm³/mol. The molecule has 1 atom stereocenters. The van der Waals surface area contributed by atoms with Crippen molar-refractivity contribution in [1.29, 1.82) is 0 Å². The van der Waals surface area contributed by atoms with Crippen molar-refractivity contribution >= 4 is 0 Å². The van der Waals surface area contributed by atoms with Crippen LogP contribution in [0, 0.1) is 5.41 Å². The molecule has 0 radical (unpaired) electrons. The van der Waals surface area contributed by atoms with Gasteiger partial charge >= 0.3 is 0 Å². The third kappa shape index (κ3) is 13.0. The summed E-state index contributed by atoms with van der Waals surface area (Å²) in [6.45, 7) is 9.10. The van der Waals surface area contributed by atoms with Crippen molar-refractivity contribution in [2.75, 3.05) is 39.8 Å². The molecule has 0 aromatic rings. The second-order valence-corrected chi connectivity index (χ2v) is 11.7. The van der Waals surface area contributed by atoms with Crippen LogP contribution in [0.25, 0.3) is 0 Å². The molecule has 0 aromatic carbocycles. The van der Waals surface area contributed by atoms with Crippen LogP contribution in [-0.2, 0) is 0 Å². The van der Waals surface area contributed by atoms with E-state index < -0.39 is 0 Å². The number of hydrogen-bond acceptors (Lipinski definition) is 2. The molecule has 1 spiro atoms. The first-order valence-corrected chi connectivity index (χ1v) is 15.1. The fraction of sp³-hybridized carbons (Fsp3) is 1.00. The quantitative estimate of drug-likeness (QED) is 0.162. The van der Waals surface area contributed by atoms with Crippen LogP contribution in [0.1, 0.15) is 148 Å². The highest BCUT2D eigenvalue weighted by Crippen LogP contribution is 2.38. The van der Waals surface area contributed by atoms with Gasteiger partial charge in [0.1, 0.15) is 0 Å². The van der Waals surface area contributed by atoms with Crippen LogP contribution in [0.4, 0.5) is 0 Å². The topological polar surface area (TPSA) is 6.48 Å². The van der Waals surface area contributed by atoms with Gasteiger partial charge in [-0.1, -0.05) is 129 Å². The monoisotopic (exact) mass is 448 g/mol. The van der Waals surface area contributed by atoms with Crippen LogP contribution in [0.3, 0.4) is 0 Å². The second-order valence-electron chi connectivity index (χ2n) is 11.7. The zero-order valence-electron chi connectivity index (χ0n) is 22.5. The molecule has 32 heavy (non-hydrogen) atoms. The predicted octanol–water partition coefficient (Wildman–Crippen LogP) is 8.84. The Kier molecular flexibility index (Phi) is 16.1. The Morgan fingerprint density at radius 3 is 1.31 bits per heavy atom. The maximum atomic E-state index is 2.77. The van der Waals surface area contributed by atoms with Gasteiger partial charge in [-0.15, -0.1) is 0 Å². The van der Waals surface area contributed by atoms with E-state index in [4.69, 9.17) is 0 Å². The normalized spacial score (nSPS) is 21.9. The maximum Gasteiger partial charge on any atom is 0.00512 e. The van der Waals surface area contributed by atoms with Gasteiger partial charge in [-0.2, -0.15) is 0 Å². The van der Waals surface area contributed by atoms with Crippen molar-refractivity contribution in [1.82, 2.24) is 9.80 Å². The number of likely N-dealkylation sites (tertiary alicyclic amines) is 2. The van der Waals surface area contributed by atoms with E-state index in [1.54, 1.807) is 0 Å². The van der Waals surface area contributed by atoms with Crippen LogP contribution < -0.4 is 0 Å². The van der Waals surface area contributed by atoms with E-state index in [2.05, 4.69) is 23.8 Å². The van der Waals surface area contributed by atoms with Gasteiger partial charge in [-0.05, 0) is 51.4 Å². The lowest BCUT2D eigenvalue weighted by atomic mass is 9.86. The Labute approximate surface area is 203 Å². The van der Waals surface area contributed by atoms with Crippen LogP contribution in [0.15, 0.2) is 0 Å². The Hall–Kier alpha value is -0.0800. The van der Waals surface area contributed by atoms with Crippen LogP contribution in [-0.4, -0.2) is 49.6 Å². The molecule has 2 saturated heterocycles.